The Kier molecular flexibility index (Phi) is 4.81. The molecule has 0 spiro atoms. The van der Waals surface area contributed by atoms with E-state index in [0.717, 1.165) is 55.4 Å². The summed E-state index contributed by atoms with van der Waals surface area (Å²) >= 11 is 0. The molecule has 3 rings (SSSR count). The smallest absolute Gasteiger partial charge is 0.132 e. The van der Waals surface area contributed by atoms with Crippen molar-refractivity contribution >= 4 is 5.82 Å². The van der Waals surface area contributed by atoms with Gasteiger partial charge in [0.25, 0.3) is 0 Å². The second-order valence-electron chi connectivity index (χ2n) is 6.29. The number of likely N-dealkylation sites (tertiary alicyclic amines) is 1. The molecule has 0 radical (unpaired) electrons. The highest BCUT2D eigenvalue weighted by molar-refractivity contribution is 5.39. The first kappa shape index (κ1) is 15.8. The van der Waals surface area contributed by atoms with E-state index in [9.17, 15) is 0 Å². The van der Waals surface area contributed by atoms with Crippen molar-refractivity contribution in [3.05, 3.63) is 41.9 Å². The van der Waals surface area contributed by atoms with Gasteiger partial charge in [0.05, 0.1) is 11.4 Å². The summed E-state index contributed by atoms with van der Waals surface area (Å²) in [6, 6.07) is 2.58. The van der Waals surface area contributed by atoms with Crippen molar-refractivity contribution in [2.75, 3.05) is 25.0 Å². The third kappa shape index (κ3) is 4.01. The van der Waals surface area contributed by atoms with Crippen LogP contribution in [0, 0.1) is 13.8 Å². The quantitative estimate of drug-likeness (QED) is 0.860. The number of aromatic nitrogens is 4. The van der Waals surface area contributed by atoms with Crippen LogP contribution in [0.1, 0.15) is 29.9 Å². The maximum absolute atomic E-state index is 4.55. The van der Waals surface area contributed by atoms with Crippen molar-refractivity contribution in [1.29, 1.82) is 0 Å². The Bertz CT molecular complexity index is 651. The first-order valence-corrected chi connectivity index (χ1v) is 8.13. The van der Waals surface area contributed by atoms with Crippen LogP contribution < -0.4 is 4.90 Å². The summed E-state index contributed by atoms with van der Waals surface area (Å²) in [5.74, 6) is 1.01. The third-order valence-electron chi connectivity index (χ3n) is 4.45. The Morgan fingerprint density at radius 2 is 1.91 bits per heavy atom. The van der Waals surface area contributed by atoms with E-state index in [2.05, 4.69) is 42.8 Å². The molecule has 6 nitrogen and oxygen atoms in total. The highest BCUT2D eigenvalue weighted by Gasteiger charge is 2.23. The Labute approximate surface area is 137 Å². The number of hydrogen-bond donors (Lipinski definition) is 0. The van der Waals surface area contributed by atoms with E-state index in [4.69, 9.17) is 0 Å². The fourth-order valence-corrected chi connectivity index (χ4v) is 3.11. The Morgan fingerprint density at radius 3 is 2.61 bits per heavy atom. The zero-order valence-electron chi connectivity index (χ0n) is 14.1. The van der Waals surface area contributed by atoms with Crippen molar-refractivity contribution in [3.8, 4) is 0 Å². The monoisotopic (exact) mass is 312 g/mol. The van der Waals surface area contributed by atoms with Gasteiger partial charge in [-0.2, -0.15) is 0 Å². The van der Waals surface area contributed by atoms with Crippen LogP contribution in [0.15, 0.2) is 24.8 Å². The molecule has 3 heterocycles. The van der Waals surface area contributed by atoms with Crippen LogP contribution in [0.2, 0.25) is 0 Å². The van der Waals surface area contributed by atoms with Gasteiger partial charge in [-0.05, 0) is 26.7 Å². The van der Waals surface area contributed by atoms with Gasteiger partial charge in [-0.3, -0.25) is 14.9 Å². The lowest BCUT2D eigenvalue weighted by Crippen LogP contribution is -2.43. The standard InChI is InChI=1S/C17H24N6/c1-13-8-17(20-12-19-13)22(3)16-4-6-23(7-5-16)11-15-10-18-9-14(2)21-15/h8-10,12,16H,4-7,11H2,1-3H3. The summed E-state index contributed by atoms with van der Waals surface area (Å²) in [7, 11) is 2.13. The molecule has 122 valence electrons. The second kappa shape index (κ2) is 7.00. The SMILES string of the molecule is Cc1cc(N(C)C2CCN(Cc3cncc(C)n3)CC2)ncn1. The fraction of sp³-hybridized carbons (Fsp3) is 0.529. The summed E-state index contributed by atoms with van der Waals surface area (Å²) in [5, 5.41) is 0. The minimum atomic E-state index is 0.532. The first-order chi connectivity index (χ1) is 11.1. The molecule has 0 saturated carbocycles. The van der Waals surface area contributed by atoms with E-state index < -0.39 is 0 Å². The average Bonchev–Trinajstić information content (AvgIpc) is 2.55. The number of piperidine rings is 1. The van der Waals surface area contributed by atoms with Gasteiger partial charge in [0.2, 0.25) is 0 Å². The van der Waals surface area contributed by atoms with E-state index >= 15 is 0 Å². The second-order valence-corrected chi connectivity index (χ2v) is 6.29. The Hall–Kier alpha value is -2.08. The van der Waals surface area contributed by atoms with Crippen LogP contribution in [-0.4, -0.2) is 51.0 Å². The van der Waals surface area contributed by atoms with E-state index in [1.54, 1.807) is 12.5 Å². The van der Waals surface area contributed by atoms with Crippen molar-refractivity contribution in [3.63, 3.8) is 0 Å². The van der Waals surface area contributed by atoms with Gasteiger partial charge >= 0.3 is 0 Å². The van der Waals surface area contributed by atoms with Crippen LogP contribution in [-0.2, 0) is 6.54 Å². The summed E-state index contributed by atoms with van der Waals surface area (Å²) < 4.78 is 0. The molecule has 1 fully saturated rings. The summed E-state index contributed by atoms with van der Waals surface area (Å²) in [6.45, 7) is 7.03. The van der Waals surface area contributed by atoms with Crippen LogP contribution in [0.3, 0.4) is 0 Å². The highest BCUT2D eigenvalue weighted by atomic mass is 15.2. The van der Waals surface area contributed by atoms with Gasteiger partial charge in [0.15, 0.2) is 0 Å². The number of aryl methyl sites for hydroxylation is 2. The van der Waals surface area contributed by atoms with Crippen molar-refractivity contribution in [1.82, 2.24) is 24.8 Å². The molecule has 1 aliphatic rings. The van der Waals surface area contributed by atoms with E-state index in [1.165, 1.54) is 0 Å². The molecule has 0 aliphatic carbocycles. The molecule has 0 unspecified atom stereocenters. The van der Waals surface area contributed by atoms with E-state index in [-0.39, 0.29) is 0 Å². The lowest BCUT2D eigenvalue weighted by Gasteiger charge is -2.37. The number of hydrogen-bond acceptors (Lipinski definition) is 6. The van der Waals surface area contributed by atoms with E-state index in [1.807, 2.05) is 20.0 Å². The Balaban J connectivity index is 1.56. The number of anilines is 1. The lowest BCUT2D eigenvalue weighted by atomic mass is 10.0. The van der Waals surface area contributed by atoms with Gasteiger partial charge in [-0.15, -0.1) is 0 Å². The number of rotatable bonds is 4. The van der Waals surface area contributed by atoms with Gasteiger partial charge in [-0.25, -0.2) is 9.97 Å². The third-order valence-corrected chi connectivity index (χ3v) is 4.45. The van der Waals surface area contributed by atoms with Crippen LogP contribution in [0.5, 0.6) is 0 Å². The zero-order valence-corrected chi connectivity index (χ0v) is 14.1. The maximum atomic E-state index is 4.55. The average molecular weight is 312 g/mol. The van der Waals surface area contributed by atoms with Gasteiger partial charge in [0.1, 0.15) is 12.1 Å². The van der Waals surface area contributed by atoms with Crippen molar-refractivity contribution < 1.29 is 0 Å². The van der Waals surface area contributed by atoms with E-state index in [0.29, 0.717) is 6.04 Å². The molecule has 0 amide bonds. The summed E-state index contributed by atoms with van der Waals surface area (Å²) in [4.78, 5) is 22.1. The lowest BCUT2D eigenvalue weighted by molar-refractivity contribution is 0.201. The van der Waals surface area contributed by atoms with Crippen LogP contribution in [0.25, 0.3) is 0 Å². The minimum absolute atomic E-state index is 0.532. The molecule has 2 aromatic heterocycles. The molecule has 0 bridgehead atoms. The predicted octanol–water partition coefficient (Wildman–Crippen LogP) is 1.98. The highest BCUT2D eigenvalue weighted by Crippen LogP contribution is 2.21. The molecule has 1 aliphatic heterocycles. The predicted molar refractivity (Wildman–Crippen MR) is 90.2 cm³/mol. The summed E-state index contributed by atoms with van der Waals surface area (Å²) in [5.41, 5.74) is 3.05. The molecule has 6 heteroatoms. The van der Waals surface area contributed by atoms with Crippen molar-refractivity contribution in [2.24, 2.45) is 0 Å². The van der Waals surface area contributed by atoms with Gasteiger partial charge in [0, 0.05) is 56.9 Å². The van der Waals surface area contributed by atoms with Crippen molar-refractivity contribution in [2.45, 2.75) is 39.3 Å². The molecule has 2 aromatic rings. The molecule has 1 saturated heterocycles. The molecule has 0 N–H and O–H groups in total. The largest absolute Gasteiger partial charge is 0.356 e. The molecule has 23 heavy (non-hydrogen) atoms. The summed E-state index contributed by atoms with van der Waals surface area (Å²) in [6.07, 6.45) is 7.59. The van der Waals surface area contributed by atoms with Crippen LogP contribution in [0.4, 0.5) is 5.82 Å². The molecular formula is C17H24N6. The topological polar surface area (TPSA) is 58.0 Å². The first-order valence-electron chi connectivity index (χ1n) is 8.13. The number of nitrogens with zero attached hydrogens (tertiary/aromatic N) is 6. The normalized spacial score (nSPS) is 16.5. The minimum Gasteiger partial charge on any atom is -0.356 e. The van der Waals surface area contributed by atoms with Gasteiger partial charge in [-0.1, -0.05) is 0 Å². The fourth-order valence-electron chi connectivity index (χ4n) is 3.11. The molecule has 0 aromatic carbocycles. The van der Waals surface area contributed by atoms with Crippen LogP contribution >= 0.6 is 0 Å². The molecular weight excluding hydrogens is 288 g/mol. The molecule has 0 atom stereocenters. The van der Waals surface area contributed by atoms with Gasteiger partial charge < -0.3 is 4.90 Å². The maximum Gasteiger partial charge on any atom is 0.132 e. The Morgan fingerprint density at radius 1 is 1.13 bits per heavy atom. The zero-order chi connectivity index (χ0) is 16.2.